The van der Waals surface area contributed by atoms with Gasteiger partial charge in [0.1, 0.15) is 11.1 Å². The first kappa shape index (κ1) is 36.7. The van der Waals surface area contributed by atoms with Gasteiger partial charge in [0.25, 0.3) is 12.3 Å². The molecule has 4 aromatic rings. The van der Waals surface area contributed by atoms with Gasteiger partial charge in [0.15, 0.2) is 17.5 Å². The fourth-order valence-electron chi connectivity index (χ4n) is 8.62. The normalized spacial score (nSPS) is 23.2. The first-order chi connectivity index (χ1) is 25.5. The van der Waals surface area contributed by atoms with Crippen molar-refractivity contribution in [3.05, 3.63) is 64.4 Å². The molecule has 2 saturated carbocycles. The molecule has 0 radical (unpaired) electrons. The lowest BCUT2D eigenvalue weighted by molar-refractivity contribution is -0.124. The van der Waals surface area contributed by atoms with Crippen molar-refractivity contribution in [2.24, 2.45) is 0 Å². The molecule has 2 aliphatic heterocycles. The molecular weight excluding hydrogens is 722 g/mol. The third-order valence-electron chi connectivity index (χ3n) is 12.1. The first-order valence-corrected chi connectivity index (χ1v) is 19.1. The Bertz CT molecular complexity index is 2190. The Balaban J connectivity index is 1.18. The first-order valence-electron chi connectivity index (χ1n) is 18.7. The van der Waals surface area contributed by atoms with Gasteiger partial charge in [-0.15, -0.1) is 0 Å². The number of hydrogen-bond donors (Lipinski definition) is 2. The Hall–Kier alpha value is -4.23. The summed E-state index contributed by atoms with van der Waals surface area (Å²) < 4.78 is 60.0. The number of benzene rings is 2. The number of nitrogens with one attached hydrogen (secondary N) is 2. The predicted octanol–water partition coefficient (Wildman–Crippen LogP) is 8.91. The van der Waals surface area contributed by atoms with Crippen LogP contribution < -0.4 is 15.5 Å². The Kier molecular flexibility index (Phi) is 8.80. The van der Waals surface area contributed by atoms with Gasteiger partial charge in [-0.05, 0) is 110 Å². The third-order valence-corrected chi connectivity index (χ3v) is 12.4. The summed E-state index contributed by atoms with van der Waals surface area (Å²) in [4.78, 5) is 41.4. The van der Waals surface area contributed by atoms with E-state index >= 15 is 8.78 Å². The summed E-state index contributed by atoms with van der Waals surface area (Å²) in [5, 5.41) is 4.33. The lowest BCUT2D eigenvalue weighted by atomic mass is 9.71. The number of piperidine rings is 1. The van der Waals surface area contributed by atoms with Crippen molar-refractivity contribution < 1.29 is 27.2 Å². The monoisotopic (exact) mass is 765 g/mol. The zero-order valence-corrected chi connectivity index (χ0v) is 31.8. The predicted molar refractivity (Wildman–Crippen MR) is 201 cm³/mol. The van der Waals surface area contributed by atoms with Gasteiger partial charge in [-0.1, -0.05) is 30.2 Å². The van der Waals surface area contributed by atoms with Crippen molar-refractivity contribution in [2.75, 3.05) is 23.3 Å². The zero-order chi connectivity index (χ0) is 38.5. The van der Waals surface area contributed by atoms with Crippen molar-refractivity contribution in [1.82, 2.24) is 24.8 Å². The van der Waals surface area contributed by atoms with Crippen LogP contribution in [0.1, 0.15) is 102 Å². The van der Waals surface area contributed by atoms with Crippen LogP contribution in [0.3, 0.4) is 0 Å². The van der Waals surface area contributed by atoms with Crippen LogP contribution >= 0.6 is 11.6 Å². The lowest BCUT2D eigenvalue weighted by Crippen LogP contribution is -2.64. The van der Waals surface area contributed by atoms with Crippen molar-refractivity contribution in [3.63, 3.8) is 0 Å². The maximum atomic E-state index is 15.6. The largest absolute Gasteiger partial charge is 0.341 e. The van der Waals surface area contributed by atoms with E-state index in [9.17, 15) is 18.4 Å². The summed E-state index contributed by atoms with van der Waals surface area (Å²) in [5.41, 5.74) is 0.148. The molecule has 2 amide bonds. The molecule has 1 saturated heterocycles. The number of anilines is 3. The van der Waals surface area contributed by atoms with Gasteiger partial charge in [-0.25, -0.2) is 27.5 Å². The summed E-state index contributed by atoms with van der Waals surface area (Å²) >= 11 is 6.08. The second-order valence-electron chi connectivity index (χ2n) is 16.6. The molecule has 0 unspecified atom stereocenters. The molecule has 0 bridgehead atoms. The van der Waals surface area contributed by atoms with Crippen LogP contribution in [0.5, 0.6) is 0 Å². The summed E-state index contributed by atoms with van der Waals surface area (Å²) in [5.74, 6) is -3.74. The van der Waals surface area contributed by atoms with Crippen LogP contribution in [0.2, 0.25) is 5.02 Å². The van der Waals surface area contributed by atoms with Crippen molar-refractivity contribution in [2.45, 2.75) is 115 Å². The quantitative estimate of drug-likeness (QED) is 0.131. The highest BCUT2D eigenvalue weighted by molar-refractivity contribution is 6.34. The number of pyridine rings is 1. The number of imidazole rings is 1. The van der Waals surface area contributed by atoms with Crippen LogP contribution in [0.4, 0.5) is 34.8 Å². The number of nitrogens with zero attached hydrogens (tertiary/aromatic N) is 5. The minimum absolute atomic E-state index is 0.0527. The number of carbonyl (C=O) groups is 2. The minimum Gasteiger partial charge on any atom is -0.341 e. The van der Waals surface area contributed by atoms with Crippen LogP contribution in [0.25, 0.3) is 22.3 Å². The molecule has 0 atom stereocenters. The molecule has 54 heavy (non-hydrogen) atoms. The fraction of sp³-hybridized carbons (Fsp3) is 0.500. The Morgan fingerprint density at radius 2 is 1.70 bits per heavy atom. The number of fused-ring (bicyclic) bond motifs is 2. The number of amides is 2. The van der Waals surface area contributed by atoms with Crippen LogP contribution in [0.15, 0.2) is 36.7 Å². The summed E-state index contributed by atoms with van der Waals surface area (Å²) in [6.07, 6.45) is 4.35. The number of halogens is 5. The average molecular weight is 766 g/mol. The van der Waals surface area contributed by atoms with Gasteiger partial charge in [-0.2, -0.15) is 0 Å². The van der Waals surface area contributed by atoms with Crippen LogP contribution in [-0.4, -0.2) is 67.9 Å². The standard InChI is InChI=1S/C40H44ClF4N7O2/c1-21(2)51-20-46-28-17-26(47-34(33(28)51)48-27-16-24(30(41)32(43)31(27)42)35(53)49-40(11-12-40)36(44)45)22-9-10-25-29(15-22)52(37(54)38(25,3)4)39(5)18-23(19-39)50-13-7-6-8-14-50/h9-10,15-17,20-21,23,36H,6-8,11-14,18-19H2,1-5H3,(H,47,48)(H,49,53)/t23-,39+. The maximum Gasteiger partial charge on any atom is 0.261 e. The van der Waals surface area contributed by atoms with E-state index in [0.29, 0.717) is 28.3 Å². The van der Waals surface area contributed by atoms with Gasteiger partial charge >= 0.3 is 0 Å². The van der Waals surface area contributed by atoms with Crippen molar-refractivity contribution in [3.8, 4) is 11.3 Å². The number of aromatic nitrogens is 3. The Labute approximate surface area is 316 Å². The van der Waals surface area contributed by atoms with Gasteiger partial charge in [0.2, 0.25) is 5.91 Å². The smallest absolute Gasteiger partial charge is 0.261 e. The van der Waals surface area contributed by atoms with Crippen molar-refractivity contribution >= 4 is 51.6 Å². The molecule has 9 nitrogen and oxygen atoms in total. The van der Waals surface area contributed by atoms with Crippen molar-refractivity contribution in [1.29, 1.82) is 0 Å². The summed E-state index contributed by atoms with van der Waals surface area (Å²) in [6, 6.07) is 8.99. The van der Waals surface area contributed by atoms with E-state index < -0.39 is 51.2 Å². The maximum absolute atomic E-state index is 15.6. The number of rotatable bonds is 9. The highest BCUT2D eigenvalue weighted by Crippen LogP contribution is 2.52. The summed E-state index contributed by atoms with van der Waals surface area (Å²) in [7, 11) is 0. The second-order valence-corrected chi connectivity index (χ2v) is 17.0. The van der Waals surface area contributed by atoms with E-state index in [1.165, 1.54) is 19.3 Å². The Morgan fingerprint density at radius 3 is 2.35 bits per heavy atom. The van der Waals surface area contributed by atoms with E-state index in [2.05, 4.69) is 27.4 Å². The average Bonchev–Trinajstić information content (AvgIpc) is 3.73. The molecular formula is C40H44ClF4N7O2. The third kappa shape index (κ3) is 5.84. The topological polar surface area (TPSA) is 95.4 Å². The van der Waals surface area contributed by atoms with Crippen LogP contribution in [0, 0.1) is 11.6 Å². The molecule has 2 N–H and O–H groups in total. The number of likely N-dealkylation sites (tertiary alicyclic amines) is 1. The molecule has 2 aliphatic carbocycles. The van der Waals surface area contributed by atoms with Gasteiger partial charge in [0, 0.05) is 28.9 Å². The molecule has 2 aromatic heterocycles. The van der Waals surface area contributed by atoms with E-state index in [-0.39, 0.29) is 36.1 Å². The molecule has 4 aliphatic rings. The Morgan fingerprint density at radius 1 is 1.00 bits per heavy atom. The highest BCUT2D eigenvalue weighted by Gasteiger charge is 2.56. The molecule has 3 fully saturated rings. The van der Waals surface area contributed by atoms with Gasteiger partial charge < -0.3 is 25.0 Å². The fourth-order valence-corrected chi connectivity index (χ4v) is 8.85. The molecule has 4 heterocycles. The summed E-state index contributed by atoms with van der Waals surface area (Å²) in [6.45, 7) is 12.1. The SMILES string of the molecule is CC(C)n1cnc2cc(-c3ccc4c(c3)N([C@]3(C)C[C@H](N5CCCCC5)C3)C(=O)C4(C)C)nc(Nc3cc(C(=O)NC4(C(F)F)CC4)c(Cl)c(F)c3F)c21. The number of hydrogen-bond acceptors (Lipinski definition) is 6. The minimum atomic E-state index is -2.83. The van der Waals surface area contributed by atoms with Crippen LogP contribution in [-0.2, 0) is 10.2 Å². The molecule has 8 rings (SSSR count). The number of alkyl halides is 2. The van der Waals surface area contributed by atoms with E-state index in [1.54, 1.807) is 6.33 Å². The van der Waals surface area contributed by atoms with E-state index in [4.69, 9.17) is 16.6 Å². The highest BCUT2D eigenvalue weighted by atomic mass is 35.5. The number of carbonyl (C=O) groups excluding carboxylic acids is 2. The molecule has 2 aromatic carbocycles. The molecule has 14 heteroatoms. The second kappa shape index (κ2) is 12.9. The lowest BCUT2D eigenvalue weighted by Gasteiger charge is -2.55. The molecule has 286 valence electrons. The molecule has 0 spiro atoms. The van der Waals surface area contributed by atoms with E-state index in [1.807, 2.05) is 61.4 Å². The van der Waals surface area contributed by atoms with Gasteiger partial charge in [0.05, 0.1) is 39.2 Å². The zero-order valence-electron chi connectivity index (χ0n) is 31.0. The van der Waals surface area contributed by atoms with E-state index in [0.717, 1.165) is 43.2 Å². The van der Waals surface area contributed by atoms with Gasteiger partial charge in [-0.3, -0.25) is 9.59 Å².